The summed E-state index contributed by atoms with van der Waals surface area (Å²) in [5.74, 6) is 0. The normalized spacial score (nSPS) is 25.2. The molecule has 1 aromatic carbocycles. The van der Waals surface area contributed by atoms with Crippen LogP contribution < -0.4 is 5.32 Å². The van der Waals surface area contributed by atoms with E-state index in [4.69, 9.17) is 4.74 Å². The van der Waals surface area contributed by atoms with Gasteiger partial charge in [0.15, 0.2) is 0 Å². The molecule has 2 atom stereocenters. The Labute approximate surface area is 116 Å². The number of methoxy groups -OCH3 is 1. The molecule has 2 unspecified atom stereocenters. The SMILES string of the molecule is COCCN1CC(Cc2ccccc2)NCCC1C. The van der Waals surface area contributed by atoms with E-state index in [-0.39, 0.29) is 0 Å². The monoisotopic (exact) mass is 262 g/mol. The lowest BCUT2D eigenvalue weighted by Gasteiger charge is -2.28. The molecule has 0 bridgehead atoms. The van der Waals surface area contributed by atoms with E-state index in [0.717, 1.165) is 32.7 Å². The number of hydrogen-bond acceptors (Lipinski definition) is 3. The van der Waals surface area contributed by atoms with E-state index in [0.29, 0.717) is 12.1 Å². The smallest absolute Gasteiger partial charge is 0.0589 e. The van der Waals surface area contributed by atoms with Gasteiger partial charge in [0, 0.05) is 32.3 Å². The molecule has 0 saturated carbocycles. The van der Waals surface area contributed by atoms with E-state index in [2.05, 4.69) is 47.5 Å². The van der Waals surface area contributed by atoms with Gasteiger partial charge in [-0.15, -0.1) is 0 Å². The van der Waals surface area contributed by atoms with Crippen molar-refractivity contribution >= 4 is 0 Å². The van der Waals surface area contributed by atoms with Crippen molar-refractivity contribution in [3.63, 3.8) is 0 Å². The van der Waals surface area contributed by atoms with Crippen molar-refractivity contribution in [3.8, 4) is 0 Å². The highest BCUT2D eigenvalue weighted by Gasteiger charge is 2.22. The average Bonchev–Trinajstić information content (AvgIpc) is 2.60. The van der Waals surface area contributed by atoms with E-state index < -0.39 is 0 Å². The van der Waals surface area contributed by atoms with Gasteiger partial charge in [0.05, 0.1) is 6.61 Å². The summed E-state index contributed by atoms with van der Waals surface area (Å²) >= 11 is 0. The number of rotatable bonds is 5. The second-order valence-corrected chi connectivity index (χ2v) is 5.47. The van der Waals surface area contributed by atoms with Gasteiger partial charge in [0.25, 0.3) is 0 Å². The lowest BCUT2D eigenvalue weighted by molar-refractivity contribution is 0.123. The van der Waals surface area contributed by atoms with Crippen molar-refractivity contribution in [3.05, 3.63) is 35.9 Å². The second kappa shape index (κ2) is 7.63. The molecular formula is C16H26N2O. The first-order valence-corrected chi connectivity index (χ1v) is 7.30. The fourth-order valence-electron chi connectivity index (χ4n) is 2.76. The number of hydrogen-bond donors (Lipinski definition) is 1. The van der Waals surface area contributed by atoms with Crippen molar-refractivity contribution in [2.45, 2.75) is 31.8 Å². The Balaban J connectivity index is 1.93. The molecule has 1 aromatic rings. The van der Waals surface area contributed by atoms with E-state index in [1.165, 1.54) is 12.0 Å². The van der Waals surface area contributed by atoms with Gasteiger partial charge in [-0.25, -0.2) is 0 Å². The molecule has 1 saturated heterocycles. The molecule has 1 aliphatic rings. The van der Waals surface area contributed by atoms with Crippen LogP contribution in [0.4, 0.5) is 0 Å². The maximum Gasteiger partial charge on any atom is 0.0589 e. The molecule has 106 valence electrons. The van der Waals surface area contributed by atoms with Crippen LogP contribution in [0.1, 0.15) is 18.9 Å². The van der Waals surface area contributed by atoms with Gasteiger partial charge in [-0.1, -0.05) is 30.3 Å². The number of benzene rings is 1. The Morgan fingerprint density at radius 1 is 1.32 bits per heavy atom. The van der Waals surface area contributed by atoms with Crippen LogP contribution in [0.3, 0.4) is 0 Å². The van der Waals surface area contributed by atoms with E-state index in [1.54, 1.807) is 7.11 Å². The molecule has 2 rings (SSSR count). The van der Waals surface area contributed by atoms with Gasteiger partial charge in [-0.2, -0.15) is 0 Å². The van der Waals surface area contributed by atoms with Gasteiger partial charge >= 0.3 is 0 Å². The predicted octanol–water partition coefficient (Wildman–Crippen LogP) is 1.93. The van der Waals surface area contributed by atoms with E-state index in [9.17, 15) is 0 Å². The lowest BCUT2D eigenvalue weighted by Crippen LogP contribution is -2.42. The zero-order valence-electron chi connectivity index (χ0n) is 12.1. The third kappa shape index (κ3) is 4.60. The Bertz CT molecular complexity index is 355. The molecular weight excluding hydrogens is 236 g/mol. The van der Waals surface area contributed by atoms with Crippen LogP contribution in [0.25, 0.3) is 0 Å². The van der Waals surface area contributed by atoms with Crippen molar-refractivity contribution in [2.24, 2.45) is 0 Å². The van der Waals surface area contributed by atoms with Gasteiger partial charge in [-0.3, -0.25) is 4.90 Å². The summed E-state index contributed by atoms with van der Waals surface area (Å²) in [7, 11) is 1.78. The highest BCUT2D eigenvalue weighted by Crippen LogP contribution is 2.12. The standard InChI is InChI=1S/C16H26N2O/c1-14-8-9-17-16(13-18(14)10-11-19-2)12-15-6-4-3-5-7-15/h3-7,14,16-17H,8-13H2,1-2H3. The number of nitrogens with one attached hydrogen (secondary N) is 1. The minimum absolute atomic E-state index is 0.546. The predicted molar refractivity (Wildman–Crippen MR) is 79.5 cm³/mol. The van der Waals surface area contributed by atoms with Gasteiger partial charge in [0.2, 0.25) is 0 Å². The summed E-state index contributed by atoms with van der Waals surface area (Å²) in [4.78, 5) is 2.55. The quantitative estimate of drug-likeness (QED) is 0.877. The molecule has 3 heteroatoms. The fourth-order valence-corrected chi connectivity index (χ4v) is 2.76. The minimum Gasteiger partial charge on any atom is -0.383 e. The van der Waals surface area contributed by atoms with Crippen LogP contribution in [0.5, 0.6) is 0 Å². The van der Waals surface area contributed by atoms with Crippen LogP contribution in [0.2, 0.25) is 0 Å². The molecule has 1 N–H and O–H groups in total. The third-order valence-corrected chi connectivity index (χ3v) is 3.98. The van der Waals surface area contributed by atoms with Crippen LogP contribution in [-0.4, -0.2) is 50.3 Å². The summed E-state index contributed by atoms with van der Waals surface area (Å²) in [6.45, 7) is 6.40. The highest BCUT2D eigenvalue weighted by molar-refractivity contribution is 5.16. The Hall–Kier alpha value is -0.900. The summed E-state index contributed by atoms with van der Waals surface area (Å²) in [6, 6.07) is 11.9. The molecule has 1 aliphatic heterocycles. The molecule has 0 aromatic heterocycles. The lowest BCUT2D eigenvalue weighted by atomic mass is 10.1. The first kappa shape index (κ1) is 14.5. The van der Waals surface area contributed by atoms with E-state index >= 15 is 0 Å². The maximum atomic E-state index is 5.23. The molecule has 0 radical (unpaired) electrons. The van der Waals surface area contributed by atoms with Crippen molar-refractivity contribution in [2.75, 3.05) is 33.4 Å². The summed E-state index contributed by atoms with van der Waals surface area (Å²) in [5, 5.41) is 3.68. The molecule has 0 aliphatic carbocycles. The van der Waals surface area contributed by atoms with Crippen molar-refractivity contribution < 1.29 is 4.74 Å². The molecule has 1 fully saturated rings. The minimum atomic E-state index is 0.546. The first-order valence-electron chi connectivity index (χ1n) is 7.30. The van der Waals surface area contributed by atoms with Gasteiger partial charge in [0.1, 0.15) is 0 Å². The zero-order valence-corrected chi connectivity index (χ0v) is 12.1. The average molecular weight is 262 g/mol. The first-order chi connectivity index (χ1) is 9.29. The Kier molecular flexibility index (Phi) is 5.83. The van der Waals surface area contributed by atoms with Gasteiger partial charge in [-0.05, 0) is 31.9 Å². The third-order valence-electron chi connectivity index (χ3n) is 3.98. The number of ether oxygens (including phenoxy) is 1. The Morgan fingerprint density at radius 2 is 2.11 bits per heavy atom. The van der Waals surface area contributed by atoms with Crippen molar-refractivity contribution in [1.82, 2.24) is 10.2 Å². The second-order valence-electron chi connectivity index (χ2n) is 5.47. The molecule has 3 nitrogen and oxygen atoms in total. The topological polar surface area (TPSA) is 24.5 Å². The molecule has 1 heterocycles. The summed E-state index contributed by atoms with van der Waals surface area (Å²) < 4.78 is 5.23. The van der Waals surface area contributed by atoms with Gasteiger partial charge < -0.3 is 10.1 Å². The van der Waals surface area contributed by atoms with Crippen LogP contribution in [-0.2, 0) is 11.2 Å². The molecule has 19 heavy (non-hydrogen) atoms. The summed E-state index contributed by atoms with van der Waals surface area (Å²) in [5.41, 5.74) is 1.42. The van der Waals surface area contributed by atoms with E-state index in [1.807, 2.05) is 0 Å². The Morgan fingerprint density at radius 3 is 2.84 bits per heavy atom. The number of nitrogens with zero attached hydrogens (tertiary/aromatic N) is 1. The maximum absolute atomic E-state index is 5.23. The van der Waals surface area contributed by atoms with Crippen LogP contribution in [0.15, 0.2) is 30.3 Å². The van der Waals surface area contributed by atoms with Crippen LogP contribution in [0, 0.1) is 0 Å². The summed E-state index contributed by atoms with van der Waals surface area (Å²) in [6.07, 6.45) is 2.33. The van der Waals surface area contributed by atoms with Crippen molar-refractivity contribution in [1.29, 1.82) is 0 Å². The largest absolute Gasteiger partial charge is 0.383 e. The highest BCUT2D eigenvalue weighted by atomic mass is 16.5. The fraction of sp³-hybridized carbons (Fsp3) is 0.625. The molecule has 0 amide bonds. The molecule has 0 spiro atoms. The van der Waals surface area contributed by atoms with Crippen LogP contribution >= 0.6 is 0 Å². The zero-order chi connectivity index (χ0) is 13.5.